The fourth-order valence-electron chi connectivity index (χ4n) is 4.69. The number of alkyl halides is 3. The highest BCUT2D eigenvalue weighted by Crippen LogP contribution is 2.32. The lowest BCUT2D eigenvalue weighted by Crippen LogP contribution is -2.39. The molecule has 1 fully saturated rings. The number of ether oxygens (including phenoxy) is 1. The molecule has 4 rings (SSSR count). The SMILES string of the molecule is C[C@H](c1ncc(OCC2CCN(S(C)(=O)=O)CC2)c(=O)n1CC(F)(F)F)N1Cc2ccc(Cl)cc2C1. The Morgan fingerprint density at radius 3 is 2.50 bits per heavy atom. The number of halogens is 4. The Balaban J connectivity index is 1.51. The van der Waals surface area contributed by atoms with Gasteiger partial charge in [-0.15, -0.1) is 0 Å². The molecule has 198 valence electrons. The number of sulfonamides is 1. The molecule has 0 radical (unpaired) electrons. The second-order valence-corrected chi connectivity index (χ2v) is 11.8. The highest BCUT2D eigenvalue weighted by molar-refractivity contribution is 7.88. The summed E-state index contributed by atoms with van der Waals surface area (Å²) >= 11 is 6.07. The van der Waals surface area contributed by atoms with Crippen LogP contribution in [0.2, 0.25) is 5.02 Å². The minimum atomic E-state index is -4.63. The first-order valence-corrected chi connectivity index (χ1v) is 13.8. The lowest BCUT2D eigenvalue weighted by atomic mass is 9.99. The highest BCUT2D eigenvalue weighted by atomic mass is 35.5. The van der Waals surface area contributed by atoms with Gasteiger partial charge in [0.2, 0.25) is 15.8 Å². The normalized spacial score (nSPS) is 18.8. The molecule has 13 heteroatoms. The van der Waals surface area contributed by atoms with Crippen molar-refractivity contribution in [3.63, 3.8) is 0 Å². The summed E-state index contributed by atoms with van der Waals surface area (Å²) in [6.07, 6.45) is -1.22. The van der Waals surface area contributed by atoms with E-state index in [1.165, 1.54) is 10.5 Å². The third-order valence-corrected chi connectivity index (χ3v) is 8.28. The summed E-state index contributed by atoms with van der Waals surface area (Å²) in [6, 6.07) is 4.92. The molecule has 1 saturated heterocycles. The van der Waals surface area contributed by atoms with Crippen LogP contribution in [0.15, 0.2) is 29.2 Å². The van der Waals surface area contributed by atoms with Crippen LogP contribution >= 0.6 is 11.6 Å². The summed E-state index contributed by atoms with van der Waals surface area (Å²) in [7, 11) is -3.27. The van der Waals surface area contributed by atoms with E-state index >= 15 is 0 Å². The molecule has 2 aliphatic rings. The van der Waals surface area contributed by atoms with Crippen LogP contribution in [0.3, 0.4) is 0 Å². The fraction of sp³-hybridized carbons (Fsp3) is 0.565. The van der Waals surface area contributed by atoms with Crippen molar-refractivity contribution in [1.82, 2.24) is 18.8 Å². The molecule has 8 nitrogen and oxygen atoms in total. The number of rotatable bonds is 7. The molecular weight excluding hydrogens is 521 g/mol. The van der Waals surface area contributed by atoms with Crippen LogP contribution in [0.4, 0.5) is 13.2 Å². The molecule has 3 heterocycles. The Morgan fingerprint density at radius 1 is 1.19 bits per heavy atom. The van der Waals surface area contributed by atoms with Crippen molar-refractivity contribution in [2.45, 2.75) is 51.6 Å². The summed E-state index contributed by atoms with van der Waals surface area (Å²) in [5, 5.41) is 0.582. The zero-order chi connectivity index (χ0) is 26.3. The van der Waals surface area contributed by atoms with E-state index in [1.807, 2.05) is 17.0 Å². The molecule has 36 heavy (non-hydrogen) atoms. The van der Waals surface area contributed by atoms with Gasteiger partial charge < -0.3 is 4.74 Å². The second-order valence-electron chi connectivity index (χ2n) is 9.40. The van der Waals surface area contributed by atoms with Gasteiger partial charge in [-0.05, 0) is 48.9 Å². The Labute approximate surface area is 212 Å². The molecule has 0 amide bonds. The topological polar surface area (TPSA) is 84.7 Å². The Kier molecular flexibility index (Phi) is 7.70. The minimum absolute atomic E-state index is 0.00467. The number of hydrogen-bond acceptors (Lipinski definition) is 6. The molecule has 1 aromatic heterocycles. The van der Waals surface area contributed by atoms with Gasteiger partial charge in [0.05, 0.1) is 25.1 Å². The maximum absolute atomic E-state index is 13.4. The van der Waals surface area contributed by atoms with Crippen molar-refractivity contribution in [2.24, 2.45) is 5.92 Å². The maximum Gasteiger partial charge on any atom is 0.406 e. The van der Waals surface area contributed by atoms with Crippen LogP contribution in [-0.2, 0) is 29.7 Å². The van der Waals surface area contributed by atoms with Crippen LogP contribution in [0.25, 0.3) is 0 Å². The molecule has 0 spiro atoms. The van der Waals surface area contributed by atoms with Crippen molar-refractivity contribution in [2.75, 3.05) is 26.0 Å². The smallest absolute Gasteiger partial charge is 0.406 e. The monoisotopic (exact) mass is 548 g/mol. The van der Waals surface area contributed by atoms with Crippen LogP contribution in [0.1, 0.15) is 42.8 Å². The lowest BCUT2D eigenvalue weighted by Gasteiger charge is -2.30. The Bertz CT molecular complexity index is 1280. The largest absolute Gasteiger partial charge is 0.486 e. The molecule has 0 bridgehead atoms. The molecule has 0 unspecified atom stereocenters. The number of piperidine rings is 1. The first-order chi connectivity index (χ1) is 16.8. The highest BCUT2D eigenvalue weighted by Gasteiger charge is 2.34. The Hall–Kier alpha value is -2.15. The van der Waals surface area contributed by atoms with Crippen molar-refractivity contribution in [3.8, 4) is 5.75 Å². The van der Waals surface area contributed by atoms with Gasteiger partial charge in [-0.2, -0.15) is 13.2 Å². The molecular formula is C23H28ClF3N4O4S. The van der Waals surface area contributed by atoms with Gasteiger partial charge in [0, 0.05) is 31.2 Å². The van der Waals surface area contributed by atoms with E-state index in [2.05, 4.69) is 4.98 Å². The van der Waals surface area contributed by atoms with Gasteiger partial charge in [-0.25, -0.2) is 17.7 Å². The molecule has 0 aliphatic carbocycles. The standard InChI is InChI=1S/C23H28ClF3N4O4S/c1-15(29-11-17-3-4-19(24)9-18(17)12-29)21-28-10-20(22(32)31(21)14-23(25,26)27)35-13-16-5-7-30(8-6-16)36(2,33)34/h3-4,9-10,15-16H,5-8,11-14H2,1-2H3/t15-/m1/s1. The van der Waals surface area contributed by atoms with E-state index in [1.54, 1.807) is 13.0 Å². The van der Waals surface area contributed by atoms with E-state index in [0.717, 1.165) is 17.4 Å². The van der Waals surface area contributed by atoms with Crippen molar-refractivity contribution < 1.29 is 26.3 Å². The molecule has 2 aliphatic heterocycles. The quantitative estimate of drug-likeness (QED) is 0.526. The van der Waals surface area contributed by atoms with Crippen LogP contribution in [0.5, 0.6) is 5.75 Å². The van der Waals surface area contributed by atoms with E-state index in [4.69, 9.17) is 16.3 Å². The van der Waals surface area contributed by atoms with Gasteiger partial charge in [0.25, 0.3) is 5.56 Å². The zero-order valence-electron chi connectivity index (χ0n) is 20.0. The van der Waals surface area contributed by atoms with Gasteiger partial charge in [0.1, 0.15) is 12.4 Å². The van der Waals surface area contributed by atoms with E-state index in [0.29, 0.717) is 48.6 Å². The van der Waals surface area contributed by atoms with Gasteiger partial charge in [0.15, 0.2) is 0 Å². The first-order valence-electron chi connectivity index (χ1n) is 11.6. The fourth-order valence-corrected chi connectivity index (χ4v) is 5.76. The number of fused-ring (bicyclic) bond motifs is 1. The molecule has 0 saturated carbocycles. The summed E-state index contributed by atoms with van der Waals surface area (Å²) in [4.78, 5) is 19.3. The third kappa shape index (κ3) is 6.21. The maximum atomic E-state index is 13.4. The van der Waals surface area contributed by atoms with E-state index in [9.17, 15) is 26.4 Å². The first kappa shape index (κ1) is 26.9. The molecule has 0 N–H and O–H groups in total. The lowest BCUT2D eigenvalue weighted by molar-refractivity contribution is -0.142. The number of nitrogens with zero attached hydrogens (tertiary/aromatic N) is 4. The van der Waals surface area contributed by atoms with E-state index in [-0.39, 0.29) is 24.1 Å². The van der Waals surface area contributed by atoms with Gasteiger partial charge in [-0.1, -0.05) is 17.7 Å². The summed E-state index contributed by atoms with van der Waals surface area (Å²) in [5.41, 5.74) is 1.12. The van der Waals surface area contributed by atoms with E-state index < -0.39 is 34.3 Å². The average Bonchev–Trinajstić information content (AvgIpc) is 3.21. The van der Waals surface area contributed by atoms with Gasteiger partial charge >= 0.3 is 6.18 Å². The minimum Gasteiger partial charge on any atom is -0.486 e. The Morgan fingerprint density at radius 2 is 1.86 bits per heavy atom. The molecule has 1 aromatic carbocycles. The van der Waals surface area contributed by atoms with Crippen molar-refractivity contribution >= 4 is 21.6 Å². The predicted molar refractivity (Wildman–Crippen MR) is 128 cm³/mol. The van der Waals surface area contributed by atoms with Crippen LogP contribution < -0.4 is 10.3 Å². The molecule has 1 atom stereocenters. The van der Waals surface area contributed by atoms with Crippen LogP contribution in [-0.4, -0.2) is 59.3 Å². The third-order valence-electron chi connectivity index (χ3n) is 6.74. The van der Waals surface area contributed by atoms with Crippen molar-refractivity contribution in [3.05, 3.63) is 56.7 Å². The summed E-state index contributed by atoms with van der Waals surface area (Å²) in [6.45, 7) is 1.99. The summed E-state index contributed by atoms with van der Waals surface area (Å²) in [5.74, 6) is -0.269. The predicted octanol–water partition coefficient (Wildman–Crippen LogP) is 3.59. The number of hydrogen-bond donors (Lipinski definition) is 0. The second kappa shape index (κ2) is 10.3. The van der Waals surface area contributed by atoms with Crippen molar-refractivity contribution in [1.29, 1.82) is 0 Å². The average molecular weight is 549 g/mol. The summed E-state index contributed by atoms with van der Waals surface area (Å²) < 4.78 is 71.3. The zero-order valence-corrected chi connectivity index (χ0v) is 21.5. The van der Waals surface area contributed by atoms with Gasteiger partial charge in [-0.3, -0.25) is 14.3 Å². The molecule has 2 aromatic rings. The number of aromatic nitrogens is 2. The van der Waals surface area contributed by atoms with Crippen LogP contribution in [0, 0.1) is 5.92 Å². The number of benzene rings is 1.